The molecular weight excluding hydrogens is 198 g/mol. The molecule has 0 aliphatic carbocycles. The van der Waals surface area contributed by atoms with Crippen molar-refractivity contribution in [2.75, 3.05) is 0 Å². The van der Waals surface area contributed by atoms with Crippen LogP contribution in [0.5, 0.6) is 0 Å². The van der Waals surface area contributed by atoms with Crippen LogP contribution in [0.15, 0.2) is 5.38 Å². The largest absolute Gasteiger partial charge is 0.245 e. The van der Waals surface area contributed by atoms with Gasteiger partial charge in [0.1, 0.15) is 5.01 Å². The monoisotopic (exact) mass is 205 g/mol. The van der Waals surface area contributed by atoms with Gasteiger partial charge in [-0.3, -0.25) is 0 Å². The van der Waals surface area contributed by atoms with E-state index in [1.807, 2.05) is 6.92 Å². The summed E-state index contributed by atoms with van der Waals surface area (Å²) in [4.78, 5) is 4.68. The molecule has 0 bridgehead atoms. The normalized spacial score (nSPS) is 13.7. The van der Waals surface area contributed by atoms with Crippen LogP contribution in [-0.2, 0) is 0 Å². The second-order valence-corrected chi connectivity index (χ2v) is 4.21. The maximum Gasteiger partial charge on any atom is 0.106 e. The van der Waals surface area contributed by atoms with E-state index in [4.69, 9.17) is 0 Å². The molecule has 0 radical (unpaired) electrons. The number of halogens is 1. The van der Waals surface area contributed by atoms with E-state index in [9.17, 15) is 0 Å². The summed E-state index contributed by atoms with van der Waals surface area (Å²) in [7, 11) is 0. The molecule has 0 aliphatic heterocycles. The lowest BCUT2D eigenvalue weighted by Crippen LogP contribution is -1.80. The zero-order valence-corrected chi connectivity index (χ0v) is 7.79. The number of aromatic nitrogens is 1. The SMILES string of the molecule is Cc1csc(C(C)Br)n1. The summed E-state index contributed by atoms with van der Waals surface area (Å²) in [5, 5.41) is 3.22. The maximum absolute atomic E-state index is 4.28. The molecule has 1 unspecified atom stereocenters. The highest BCUT2D eigenvalue weighted by Gasteiger charge is 2.02. The van der Waals surface area contributed by atoms with Gasteiger partial charge in [-0.25, -0.2) is 4.98 Å². The van der Waals surface area contributed by atoms with Crippen molar-refractivity contribution in [3.8, 4) is 0 Å². The van der Waals surface area contributed by atoms with Crippen molar-refractivity contribution in [2.45, 2.75) is 18.7 Å². The van der Waals surface area contributed by atoms with Crippen molar-refractivity contribution in [1.29, 1.82) is 0 Å². The van der Waals surface area contributed by atoms with Crippen molar-refractivity contribution in [1.82, 2.24) is 4.98 Å². The van der Waals surface area contributed by atoms with E-state index < -0.39 is 0 Å². The summed E-state index contributed by atoms with van der Waals surface area (Å²) in [6.07, 6.45) is 0. The predicted molar refractivity (Wildman–Crippen MR) is 44.2 cm³/mol. The number of thiazole rings is 1. The molecule has 0 fully saturated rings. The summed E-state index contributed by atoms with van der Waals surface area (Å²) in [6.45, 7) is 4.09. The van der Waals surface area contributed by atoms with E-state index in [2.05, 4.69) is 33.2 Å². The first-order valence-electron chi connectivity index (χ1n) is 2.76. The van der Waals surface area contributed by atoms with Crippen LogP contribution in [0.25, 0.3) is 0 Å². The number of hydrogen-bond acceptors (Lipinski definition) is 2. The van der Waals surface area contributed by atoms with Crippen LogP contribution >= 0.6 is 27.3 Å². The third-order valence-corrected chi connectivity index (χ3v) is 2.86. The van der Waals surface area contributed by atoms with Gasteiger partial charge >= 0.3 is 0 Å². The Balaban J connectivity index is 2.85. The van der Waals surface area contributed by atoms with Gasteiger partial charge in [0.05, 0.1) is 4.83 Å². The standard InChI is InChI=1S/C6H8BrNS/c1-4-3-9-6(8-4)5(2)7/h3,5H,1-2H3. The third-order valence-electron chi connectivity index (χ3n) is 0.977. The summed E-state index contributed by atoms with van der Waals surface area (Å²) in [5.41, 5.74) is 1.11. The first-order valence-corrected chi connectivity index (χ1v) is 4.56. The van der Waals surface area contributed by atoms with Crippen molar-refractivity contribution in [3.05, 3.63) is 16.1 Å². The molecule has 1 aromatic heterocycles. The highest BCUT2D eigenvalue weighted by molar-refractivity contribution is 9.09. The van der Waals surface area contributed by atoms with Crippen LogP contribution in [0.4, 0.5) is 0 Å². The van der Waals surface area contributed by atoms with E-state index in [1.54, 1.807) is 11.3 Å². The minimum Gasteiger partial charge on any atom is -0.245 e. The molecule has 0 aliphatic rings. The molecule has 0 amide bonds. The van der Waals surface area contributed by atoms with Crippen molar-refractivity contribution in [3.63, 3.8) is 0 Å². The topological polar surface area (TPSA) is 12.9 Å². The number of rotatable bonds is 1. The molecule has 0 saturated carbocycles. The Morgan fingerprint density at radius 2 is 2.44 bits per heavy atom. The fourth-order valence-corrected chi connectivity index (χ4v) is 1.71. The van der Waals surface area contributed by atoms with E-state index in [0.29, 0.717) is 4.83 Å². The Bertz CT molecular complexity index is 195. The molecule has 3 heteroatoms. The third kappa shape index (κ3) is 1.76. The second-order valence-electron chi connectivity index (χ2n) is 1.94. The lowest BCUT2D eigenvalue weighted by molar-refractivity contribution is 1.06. The van der Waals surface area contributed by atoms with Gasteiger partial charge in [0.25, 0.3) is 0 Å². The Morgan fingerprint density at radius 3 is 2.67 bits per heavy atom. The Hall–Kier alpha value is 0.110. The van der Waals surface area contributed by atoms with Gasteiger partial charge in [0.15, 0.2) is 0 Å². The van der Waals surface area contributed by atoms with Crippen molar-refractivity contribution < 1.29 is 0 Å². The molecule has 50 valence electrons. The highest BCUT2D eigenvalue weighted by atomic mass is 79.9. The summed E-state index contributed by atoms with van der Waals surface area (Å²) < 4.78 is 0. The zero-order chi connectivity index (χ0) is 6.85. The Kier molecular flexibility index (Phi) is 2.24. The molecule has 1 nitrogen and oxygen atoms in total. The van der Waals surface area contributed by atoms with Gasteiger partial charge < -0.3 is 0 Å². The fraction of sp³-hybridized carbons (Fsp3) is 0.500. The number of alkyl halides is 1. The molecule has 0 saturated heterocycles. The first kappa shape index (κ1) is 7.22. The van der Waals surface area contributed by atoms with E-state index in [-0.39, 0.29) is 0 Å². The van der Waals surface area contributed by atoms with Gasteiger partial charge in [-0.05, 0) is 13.8 Å². The Labute approximate surface area is 67.3 Å². The molecule has 0 N–H and O–H groups in total. The maximum atomic E-state index is 4.28. The summed E-state index contributed by atoms with van der Waals surface area (Å²) in [5.74, 6) is 0. The van der Waals surface area contributed by atoms with Gasteiger partial charge in [0.2, 0.25) is 0 Å². The molecule has 1 rings (SSSR count). The van der Waals surface area contributed by atoms with Crippen molar-refractivity contribution >= 4 is 27.3 Å². The first-order chi connectivity index (χ1) is 4.20. The van der Waals surface area contributed by atoms with Gasteiger partial charge in [-0.2, -0.15) is 0 Å². The summed E-state index contributed by atoms with van der Waals surface area (Å²) in [6, 6.07) is 0. The van der Waals surface area contributed by atoms with Crippen LogP contribution in [0.3, 0.4) is 0 Å². The predicted octanol–water partition coefficient (Wildman–Crippen LogP) is 2.91. The van der Waals surface area contributed by atoms with Crippen LogP contribution < -0.4 is 0 Å². The average Bonchev–Trinajstić information content (AvgIpc) is 2.14. The average molecular weight is 206 g/mol. The van der Waals surface area contributed by atoms with Crippen LogP contribution in [0.2, 0.25) is 0 Å². The quantitative estimate of drug-likeness (QED) is 0.643. The molecule has 1 aromatic rings. The molecule has 1 heterocycles. The van der Waals surface area contributed by atoms with Gasteiger partial charge in [-0.1, -0.05) is 15.9 Å². The van der Waals surface area contributed by atoms with Gasteiger partial charge in [-0.15, -0.1) is 11.3 Å². The molecule has 0 aromatic carbocycles. The summed E-state index contributed by atoms with van der Waals surface area (Å²) >= 11 is 5.14. The van der Waals surface area contributed by atoms with Gasteiger partial charge in [0, 0.05) is 11.1 Å². The molecule has 0 spiro atoms. The smallest absolute Gasteiger partial charge is 0.106 e. The Morgan fingerprint density at radius 1 is 1.78 bits per heavy atom. The van der Waals surface area contributed by atoms with Crippen LogP contribution in [-0.4, -0.2) is 4.98 Å². The van der Waals surface area contributed by atoms with Crippen LogP contribution in [0.1, 0.15) is 22.5 Å². The molecule has 9 heavy (non-hydrogen) atoms. The minimum atomic E-state index is 0.399. The minimum absolute atomic E-state index is 0.399. The van der Waals surface area contributed by atoms with E-state index in [0.717, 1.165) is 10.7 Å². The lowest BCUT2D eigenvalue weighted by atomic mass is 10.5. The van der Waals surface area contributed by atoms with E-state index >= 15 is 0 Å². The molecule has 1 atom stereocenters. The number of aryl methyl sites for hydroxylation is 1. The van der Waals surface area contributed by atoms with Crippen molar-refractivity contribution in [2.24, 2.45) is 0 Å². The zero-order valence-electron chi connectivity index (χ0n) is 5.39. The lowest BCUT2D eigenvalue weighted by Gasteiger charge is -1.92. The fourth-order valence-electron chi connectivity index (χ4n) is 0.555. The van der Waals surface area contributed by atoms with E-state index in [1.165, 1.54) is 0 Å². The number of nitrogens with zero attached hydrogens (tertiary/aromatic N) is 1. The highest BCUT2D eigenvalue weighted by Crippen LogP contribution is 2.24. The number of hydrogen-bond donors (Lipinski definition) is 0. The second kappa shape index (κ2) is 2.80. The molecular formula is C6H8BrNS. The van der Waals surface area contributed by atoms with Crippen LogP contribution in [0, 0.1) is 6.92 Å².